The summed E-state index contributed by atoms with van der Waals surface area (Å²) in [7, 11) is 0. The molecule has 1 atom stereocenters. The van der Waals surface area contributed by atoms with Crippen LogP contribution in [0, 0.1) is 0 Å². The predicted octanol–water partition coefficient (Wildman–Crippen LogP) is 0.834. The molecule has 0 radical (unpaired) electrons. The maximum absolute atomic E-state index is 12.6. The monoisotopic (exact) mass is 383 g/mol. The van der Waals surface area contributed by atoms with Gasteiger partial charge in [0.15, 0.2) is 0 Å². The minimum Gasteiger partial charge on any atom is -0.467 e. The zero-order chi connectivity index (χ0) is 19.5. The van der Waals surface area contributed by atoms with Crippen LogP contribution < -0.4 is 10.2 Å². The zero-order valence-electron chi connectivity index (χ0n) is 15.3. The molecule has 9 nitrogen and oxygen atoms in total. The fourth-order valence-electron chi connectivity index (χ4n) is 3.45. The van der Waals surface area contributed by atoms with E-state index in [1.54, 1.807) is 23.2 Å². The number of amides is 4. The second-order valence-electron chi connectivity index (χ2n) is 6.77. The number of aromatic nitrogens is 1. The van der Waals surface area contributed by atoms with Crippen LogP contribution in [0.25, 0.3) is 0 Å². The fraction of sp³-hybridized carbons (Fsp3) is 0.368. The van der Waals surface area contributed by atoms with Crippen LogP contribution in [0.15, 0.2) is 47.2 Å². The Kier molecular flexibility index (Phi) is 4.96. The van der Waals surface area contributed by atoms with E-state index in [-0.39, 0.29) is 18.9 Å². The lowest BCUT2D eigenvalue weighted by molar-refractivity contribution is -0.136. The number of pyridine rings is 1. The lowest BCUT2D eigenvalue weighted by Crippen LogP contribution is -2.50. The van der Waals surface area contributed by atoms with E-state index in [2.05, 4.69) is 15.2 Å². The molecule has 2 saturated heterocycles. The smallest absolute Gasteiger partial charge is 0.325 e. The Morgan fingerprint density at radius 2 is 1.96 bits per heavy atom. The molecule has 0 aromatic carbocycles. The van der Waals surface area contributed by atoms with E-state index in [0.717, 1.165) is 10.7 Å². The van der Waals surface area contributed by atoms with Crippen molar-refractivity contribution in [3.8, 4) is 0 Å². The third-order valence-electron chi connectivity index (χ3n) is 4.99. The van der Waals surface area contributed by atoms with Crippen LogP contribution >= 0.6 is 0 Å². The number of carbonyl (C=O) groups is 3. The van der Waals surface area contributed by atoms with Crippen molar-refractivity contribution in [1.82, 2.24) is 20.1 Å². The maximum atomic E-state index is 12.6. The van der Waals surface area contributed by atoms with Crippen molar-refractivity contribution in [3.63, 3.8) is 0 Å². The van der Waals surface area contributed by atoms with Crippen molar-refractivity contribution in [3.05, 3.63) is 48.6 Å². The van der Waals surface area contributed by atoms with Crippen molar-refractivity contribution in [2.75, 3.05) is 31.1 Å². The van der Waals surface area contributed by atoms with E-state index >= 15 is 0 Å². The molecule has 2 aromatic heterocycles. The summed E-state index contributed by atoms with van der Waals surface area (Å²) >= 11 is 0. The molecule has 2 fully saturated rings. The molecule has 0 unspecified atom stereocenters. The van der Waals surface area contributed by atoms with E-state index in [9.17, 15) is 14.4 Å². The number of furan rings is 1. The third-order valence-corrected chi connectivity index (χ3v) is 4.99. The molecule has 28 heavy (non-hydrogen) atoms. The minimum absolute atomic E-state index is 0.0389. The number of hydrogen-bond donors (Lipinski definition) is 1. The standard InChI is InChI=1S/C19H21N5O4/c25-17(23-9-7-22(8-10-23)16-5-1-2-6-20-16)12-15-18(26)24(19(27)21-15)13-14-4-3-11-28-14/h1-6,11,15H,7-10,12-13H2,(H,21,27)/t15-/m1/s1. The molecule has 2 aromatic rings. The van der Waals surface area contributed by atoms with Gasteiger partial charge in [-0.05, 0) is 24.3 Å². The van der Waals surface area contributed by atoms with Gasteiger partial charge in [-0.2, -0.15) is 0 Å². The zero-order valence-corrected chi connectivity index (χ0v) is 15.3. The van der Waals surface area contributed by atoms with E-state index in [4.69, 9.17) is 4.42 Å². The van der Waals surface area contributed by atoms with Crippen LogP contribution in [0.5, 0.6) is 0 Å². The molecule has 0 spiro atoms. The number of piperazine rings is 1. The molecular weight excluding hydrogens is 362 g/mol. The number of anilines is 1. The van der Waals surface area contributed by atoms with Crippen molar-refractivity contribution in [1.29, 1.82) is 0 Å². The van der Waals surface area contributed by atoms with Crippen LogP contribution in [-0.4, -0.2) is 64.9 Å². The summed E-state index contributed by atoms with van der Waals surface area (Å²) < 4.78 is 5.19. The van der Waals surface area contributed by atoms with Crippen LogP contribution in [-0.2, 0) is 16.1 Å². The second-order valence-corrected chi connectivity index (χ2v) is 6.77. The van der Waals surface area contributed by atoms with Gasteiger partial charge in [0.1, 0.15) is 17.6 Å². The van der Waals surface area contributed by atoms with Gasteiger partial charge in [0.25, 0.3) is 5.91 Å². The normalized spacial score (nSPS) is 19.9. The van der Waals surface area contributed by atoms with Crippen LogP contribution in [0.2, 0.25) is 0 Å². The highest BCUT2D eigenvalue weighted by Gasteiger charge is 2.40. The van der Waals surface area contributed by atoms with Gasteiger partial charge < -0.3 is 19.5 Å². The molecule has 1 N–H and O–H groups in total. The van der Waals surface area contributed by atoms with E-state index in [1.807, 2.05) is 18.2 Å². The number of nitrogens with zero attached hydrogens (tertiary/aromatic N) is 4. The topological polar surface area (TPSA) is 99.0 Å². The number of carbonyl (C=O) groups excluding carboxylic acids is 3. The van der Waals surface area contributed by atoms with E-state index in [1.165, 1.54) is 6.26 Å². The highest BCUT2D eigenvalue weighted by Crippen LogP contribution is 2.17. The molecule has 9 heteroatoms. The lowest BCUT2D eigenvalue weighted by Gasteiger charge is -2.35. The van der Waals surface area contributed by atoms with Gasteiger partial charge >= 0.3 is 6.03 Å². The summed E-state index contributed by atoms with van der Waals surface area (Å²) in [5.41, 5.74) is 0. The van der Waals surface area contributed by atoms with Crippen LogP contribution in [0.4, 0.5) is 10.6 Å². The Labute approximate surface area is 161 Å². The predicted molar refractivity (Wildman–Crippen MR) is 99.2 cm³/mol. The molecular formula is C19H21N5O4. The molecule has 146 valence electrons. The summed E-state index contributed by atoms with van der Waals surface area (Å²) in [4.78, 5) is 46.5. The van der Waals surface area contributed by atoms with Gasteiger partial charge in [-0.25, -0.2) is 9.78 Å². The highest BCUT2D eigenvalue weighted by atomic mass is 16.3. The number of hydrogen-bond acceptors (Lipinski definition) is 6. The summed E-state index contributed by atoms with van der Waals surface area (Å²) in [6.07, 6.45) is 3.19. The van der Waals surface area contributed by atoms with Gasteiger partial charge in [0.05, 0.1) is 19.2 Å². The molecule has 0 aliphatic carbocycles. The first-order valence-corrected chi connectivity index (χ1v) is 9.20. The van der Waals surface area contributed by atoms with Crippen LogP contribution in [0.3, 0.4) is 0 Å². The average Bonchev–Trinajstić information content (AvgIpc) is 3.33. The summed E-state index contributed by atoms with van der Waals surface area (Å²) in [6, 6.07) is 7.80. The van der Waals surface area contributed by atoms with Crippen molar-refractivity contribution < 1.29 is 18.8 Å². The Balaban J connectivity index is 1.30. The molecule has 2 aliphatic rings. The van der Waals surface area contributed by atoms with Gasteiger partial charge in [-0.3, -0.25) is 14.5 Å². The van der Waals surface area contributed by atoms with Crippen molar-refractivity contribution in [2.24, 2.45) is 0 Å². The summed E-state index contributed by atoms with van der Waals surface area (Å²) in [5, 5.41) is 2.60. The van der Waals surface area contributed by atoms with Gasteiger partial charge in [-0.1, -0.05) is 6.07 Å². The maximum Gasteiger partial charge on any atom is 0.325 e. The molecule has 4 amide bonds. The first-order chi connectivity index (χ1) is 13.6. The minimum atomic E-state index is -0.830. The number of urea groups is 1. The van der Waals surface area contributed by atoms with E-state index in [0.29, 0.717) is 31.9 Å². The highest BCUT2D eigenvalue weighted by molar-refractivity contribution is 6.05. The van der Waals surface area contributed by atoms with Gasteiger partial charge in [0.2, 0.25) is 5.91 Å². The molecule has 0 saturated carbocycles. The Hall–Kier alpha value is -3.36. The second kappa shape index (κ2) is 7.71. The number of imide groups is 1. The first kappa shape index (κ1) is 18.0. The Morgan fingerprint density at radius 1 is 1.14 bits per heavy atom. The Bertz CT molecular complexity index is 846. The fourth-order valence-corrected chi connectivity index (χ4v) is 3.45. The van der Waals surface area contributed by atoms with Crippen molar-refractivity contribution in [2.45, 2.75) is 19.0 Å². The lowest BCUT2D eigenvalue weighted by atomic mass is 10.1. The third kappa shape index (κ3) is 3.68. The number of rotatable bonds is 5. The quantitative estimate of drug-likeness (QED) is 0.768. The average molecular weight is 383 g/mol. The SMILES string of the molecule is O=C(C[C@H]1NC(=O)N(Cc2ccco2)C1=O)N1CCN(c2ccccn2)CC1. The van der Waals surface area contributed by atoms with Gasteiger partial charge in [0, 0.05) is 32.4 Å². The number of nitrogens with one attached hydrogen (secondary N) is 1. The molecule has 0 bridgehead atoms. The Morgan fingerprint density at radius 3 is 2.64 bits per heavy atom. The van der Waals surface area contributed by atoms with Gasteiger partial charge in [-0.15, -0.1) is 0 Å². The molecule has 4 heterocycles. The summed E-state index contributed by atoms with van der Waals surface area (Å²) in [5.74, 6) is 0.864. The largest absolute Gasteiger partial charge is 0.467 e. The first-order valence-electron chi connectivity index (χ1n) is 9.20. The van der Waals surface area contributed by atoms with E-state index < -0.39 is 18.0 Å². The van der Waals surface area contributed by atoms with Crippen LogP contribution in [0.1, 0.15) is 12.2 Å². The molecule has 4 rings (SSSR count). The van der Waals surface area contributed by atoms with Crippen molar-refractivity contribution >= 4 is 23.7 Å². The molecule has 2 aliphatic heterocycles. The summed E-state index contributed by atoms with van der Waals surface area (Å²) in [6.45, 7) is 2.53.